The maximum absolute atomic E-state index is 9.42. The van der Waals surface area contributed by atoms with Gasteiger partial charge < -0.3 is 14.6 Å². The molecule has 0 amide bonds. The minimum Gasteiger partial charge on any atom is -0.475 e. The summed E-state index contributed by atoms with van der Waals surface area (Å²) in [5.74, 6) is 1.05. The molecule has 1 aromatic heterocycles. The summed E-state index contributed by atoms with van der Waals surface area (Å²) in [6, 6.07) is 9.50. The van der Waals surface area contributed by atoms with Crippen molar-refractivity contribution >= 4 is 10.9 Å². The van der Waals surface area contributed by atoms with Crippen LogP contribution in [0.3, 0.4) is 0 Å². The molecule has 0 bridgehead atoms. The Kier molecular flexibility index (Phi) is 5.32. The molecule has 1 N–H and O–H groups in total. The van der Waals surface area contributed by atoms with Crippen LogP contribution >= 0.6 is 0 Å². The number of aromatic nitrogens is 1. The van der Waals surface area contributed by atoms with Crippen molar-refractivity contribution in [3.05, 3.63) is 35.9 Å². The van der Waals surface area contributed by atoms with Crippen molar-refractivity contribution < 1.29 is 14.6 Å². The second-order valence-corrected chi connectivity index (χ2v) is 5.11. The van der Waals surface area contributed by atoms with Gasteiger partial charge in [-0.05, 0) is 17.5 Å². The topological polar surface area (TPSA) is 51.6 Å². The molecule has 0 radical (unpaired) electrons. The quantitative estimate of drug-likeness (QED) is 0.789. The number of pyridine rings is 1. The van der Waals surface area contributed by atoms with E-state index in [1.54, 1.807) is 6.07 Å². The van der Waals surface area contributed by atoms with Crippen molar-refractivity contribution in [3.8, 4) is 5.88 Å². The van der Waals surface area contributed by atoms with Crippen LogP contribution in [0.15, 0.2) is 30.3 Å². The Balaban J connectivity index is 2.00. The molecule has 4 nitrogen and oxygen atoms in total. The lowest BCUT2D eigenvalue weighted by Crippen LogP contribution is -2.11. The molecule has 20 heavy (non-hydrogen) atoms. The zero-order valence-corrected chi connectivity index (χ0v) is 12.0. The molecular weight excluding hydrogens is 254 g/mol. The summed E-state index contributed by atoms with van der Waals surface area (Å²) in [7, 11) is 0. The van der Waals surface area contributed by atoms with E-state index in [1.165, 1.54) is 0 Å². The first-order valence-electron chi connectivity index (χ1n) is 6.90. The van der Waals surface area contributed by atoms with Crippen LogP contribution in [0.1, 0.15) is 19.4 Å². The van der Waals surface area contributed by atoms with E-state index >= 15 is 0 Å². The SMILES string of the molecule is CC(C)COCCOc1cc(CO)c2ccccc2n1. The van der Waals surface area contributed by atoms with Crippen molar-refractivity contribution in [2.45, 2.75) is 20.5 Å². The smallest absolute Gasteiger partial charge is 0.214 e. The zero-order valence-electron chi connectivity index (χ0n) is 12.0. The van der Waals surface area contributed by atoms with Crippen molar-refractivity contribution in [3.63, 3.8) is 0 Å². The summed E-state index contributed by atoms with van der Waals surface area (Å²) >= 11 is 0. The summed E-state index contributed by atoms with van der Waals surface area (Å²) in [5, 5.41) is 10.4. The molecule has 2 rings (SSSR count). The summed E-state index contributed by atoms with van der Waals surface area (Å²) in [6.07, 6.45) is 0. The number of rotatable bonds is 7. The van der Waals surface area contributed by atoms with Crippen LogP contribution in [-0.4, -0.2) is 29.9 Å². The number of benzene rings is 1. The molecule has 0 aliphatic carbocycles. The van der Waals surface area contributed by atoms with E-state index in [0.29, 0.717) is 25.0 Å². The highest BCUT2D eigenvalue weighted by Crippen LogP contribution is 2.21. The molecule has 0 fully saturated rings. The lowest BCUT2D eigenvalue weighted by molar-refractivity contribution is 0.0806. The predicted molar refractivity (Wildman–Crippen MR) is 78.8 cm³/mol. The molecule has 0 aliphatic heterocycles. The van der Waals surface area contributed by atoms with Gasteiger partial charge in [0.2, 0.25) is 5.88 Å². The van der Waals surface area contributed by atoms with E-state index in [-0.39, 0.29) is 6.61 Å². The fourth-order valence-corrected chi connectivity index (χ4v) is 1.95. The summed E-state index contributed by atoms with van der Waals surface area (Å²) in [5.41, 5.74) is 1.66. The van der Waals surface area contributed by atoms with Gasteiger partial charge in [0, 0.05) is 18.1 Å². The fourth-order valence-electron chi connectivity index (χ4n) is 1.95. The maximum atomic E-state index is 9.42. The van der Waals surface area contributed by atoms with Gasteiger partial charge in [0.1, 0.15) is 6.61 Å². The lowest BCUT2D eigenvalue weighted by atomic mass is 10.1. The molecule has 4 heteroatoms. The van der Waals surface area contributed by atoms with Crippen LogP contribution in [0.5, 0.6) is 5.88 Å². The third-order valence-electron chi connectivity index (χ3n) is 2.88. The van der Waals surface area contributed by atoms with E-state index in [1.807, 2.05) is 24.3 Å². The molecule has 2 aromatic rings. The Morgan fingerprint density at radius 3 is 2.75 bits per heavy atom. The van der Waals surface area contributed by atoms with Crippen molar-refractivity contribution in [2.24, 2.45) is 5.92 Å². The van der Waals surface area contributed by atoms with Gasteiger partial charge in [0.15, 0.2) is 0 Å². The van der Waals surface area contributed by atoms with E-state index in [9.17, 15) is 5.11 Å². The average Bonchev–Trinajstić information content (AvgIpc) is 2.45. The zero-order chi connectivity index (χ0) is 14.4. The first-order chi connectivity index (χ1) is 9.70. The van der Waals surface area contributed by atoms with Crippen molar-refractivity contribution in [1.82, 2.24) is 4.98 Å². The number of nitrogens with zero attached hydrogens (tertiary/aromatic N) is 1. The third-order valence-corrected chi connectivity index (χ3v) is 2.88. The minimum atomic E-state index is -0.0246. The van der Waals surface area contributed by atoms with Crippen LogP contribution in [0.25, 0.3) is 10.9 Å². The standard InChI is InChI=1S/C16H21NO3/c1-12(2)11-19-7-8-20-16-9-13(10-18)14-5-3-4-6-15(14)17-16/h3-6,9,12,18H,7-8,10-11H2,1-2H3. The van der Waals surface area contributed by atoms with Gasteiger partial charge in [-0.15, -0.1) is 0 Å². The fraction of sp³-hybridized carbons (Fsp3) is 0.438. The van der Waals surface area contributed by atoms with Gasteiger partial charge in [-0.25, -0.2) is 4.98 Å². The molecule has 0 unspecified atom stereocenters. The van der Waals surface area contributed by atoms with E-state index in [4.69, 9.17) is 9.47 Å². The Morgan fingerprint density at radius 2 is 2.00 bits per heavy atom. The normalized spacial score (nSPS) is 11.2. The van der Waals surface area contributed by atoms with Gasteiger partial charge in [0.25, 0.3) is 0 Å². The van der Waals surface area contributed by atoms with Crippen LogP contribution in [-0.2, 0) is 11.3 Å². The molecule has 0 aliphatic rings. The highest BCUT2D eigenvalue weighted by molar-refractivity contribution is 5.82. The van der Waals surface area contributed by atoms with Gasteiger partial charge in [-0.1, -0.05) is 32.0 Å². The molecule has 0 saturated carbocycles. The maximum Gasteiger partial charge on any atom is 0.214 e. The van der Waals surface area contributed by atoms with Crippen LogP contribution in [0, 0.1) is 5.92 Å². The molecule has 0 spiro atoms. The van der Waals surface area contributed by atoms with E-state index in [0.717, 1.165) is 23.1 Å². The average molecular weight is 275 g/mol. The first-order valence-corrected chi connectivity index (χ1v) is 6.90. The first kappa shape index (κ1) is 14.8. The summed E-state index contributed by atoms with van der Waals surface area (Å²) in [4.78, 5) is 4.43. The minimum absolute atomic E-state index is 0.0246. The molecular formula is C16H21NO3. The number of hydrogen-bond donors (Lipinski definition) is 1. The Labute approximate surface area is 119 Å². The highest BCUT2D eigenvalue weighted by Gasteiger charge is 2.05. The summed E-state index contributed by atoms with van der Waals surface area (Å²) < 4.78 is 11.0. The van der Waals surface area contributed by atoms with Gasteiger partial charge in [-0.2, -0.15) is 0 Å². The Bertz CT molecular complexity index is 554. The molecule has 0 atom stereocenters. The second kappa shape index (κ2) is 7.22. The van der Waals surface area contributed by atoms with Crippen LogP contribution in [0.4, 0.5) is 0 Å². The number of fused-ring (bicyclic) bond motifs is 1. The number of ether oxygens (including phenoxy) is 2. The number of aliphatic hydroxyl groups excluding tert-OH is 1. The summed E-state index contributed by atoms with van der Waals surface area (Å²) in [6.45, 7) is 5.93. The van der Waals surface area contributed by atoms with Gasteiger partial charge in [-0.3, -0.25) is 0 Å². The molecule has 1 heterocycles. The number of hydrogen-bond acceptors (Lipinski definition) is 4. The van der Waals surface area contributed by atoms with Crippen molar-refractivity contribution in [1.29, 1.82) is 0 Å². The predicted octanol–water partition coefficient (Wildman–Crippen LogP) is 2.78. The number of para-hydroxylation sites is 1. The Morgan fingerprint density at radius 1 is 1.20 bits per heavy atom. The van der Waals surface area contributed by atoms with Crippen LogP contribution < -0.4 is 4.74 Å². The van der Waals surface area contributed by atoms with Crippen molar-refractivity contribution in [2.75, 3.05) is 19.8 Å². The number of aliphatic hydroxyl groups is 1. The second-order valence-electron chi connectivity index (χ2n) is 5.11. The monoisotopic (exact) mass is 275 g/mol. The Hall–Kier alpha value is -1.65. The van der Waals surface area contributed by atoms with Gasteiger partial charge >= 0.3 is 0 Å². The van der Waals surface area contributed by atoms with E-state index < -0.39 is 0 Å². The third kappa shape index (κ3) is 3.92. The molecule has 1 aromatic carbocycles. The van der Waals surface area contributed by atoms with Gasteiger partial charge in [0.05, 0.1) is 18.7 Å². The van der Waals surface area contributed by atoms with Crippen LogP contribution in [0.2, 0.25) is 0 Å². The molecule has 108 valence electrons. The largest absolute Gasteiger partial charge is 0.475 e. The lowest BCUT2D eigenvalue weighted by Gasteiger charge is -2.10. The molecule has 0 saturated heterocycles. The highest BCUT2D eigenvalue weighted by atomic mass is 16.5. The van der Waals surface area contributed by atoms with E-state index in [2.05, 4.69) is 18.8 Å².